The van der Waals surface area contributed by atoms with Gasteiger partial charge in [0.25, 0.3) is 5.91 Å². The lowest BCUT2D eigenvalue weighted by Crippen LogP contribution is -2.28. The SMILES string of the molecule is COc1cc(N2CC(=N)C(=N)C2=O)ccc1OCC(C)(C)O.Nc1ccc(Cl)cc1. The molecule has 0 saturated carbocycles. The van der Waals surface area contributed by atoms with E-state index in [0.29, 0.717) is 17.2 Å². The topological polar surface area (TPSA) is 133 Å². The molecule has 0 bridgehead atoms. The minimum absolute atomic E-state index is 0.00803. The van der Waals surface area contributed by atoms with Crippen LogP contribution in [0.5, 0.6) is 11.5 Å². The molecule has 160 valence electrons. The highest BCUT2D eigenvalue weighted by Crippen LogP contribution is 2.33. The molecular weight excluding hydrogens is 408 g/mol. The van der Waals surface area contributed by atoms with Crippen LogP contribution in [-0.2, 0) is 4.79 Å². The van der Waals surface area contributed by atoms with E-state index in [4.69, 9.17) is 37.6 Å². The van der Waals surface area contributed by atoms with Crippen molar-refractivity contribution < 1.29 is 19.4 Å². The summed E-state index contributed by atoms with van der Waals surface area (Å²) in [6.45, 7) is 3.44. The fourth-order valence-electron chi connectivity index (χ4n) is 2.44. The number of aliphatic hydroxyl groups is 1. The van der Waals surface area contributed by atoms with Crippen molar-refractivity contribution in [2.24, 2.45) is 0 Å². The maximum Gasteiger partial charge on any atom is 0.278 e. The van der Waals surface area contributed by atoms with Crippen molar-refractivity contribution in [2.45, 2.75) is 19.4 Å². The van der Waals surface area contributed by atoms with E-state index in [-0.39, 0.29) is 24.6 Å². The van der Waals surface area contributed by atoms with Crippen LogP contribution in [0.15, 0.2) is 42.5 Å². The van der Waals surface area contributed by atoms with E-state index in [1.54, 1.807) is 56.3 Å². The van der Waals surface area contributed by atoms with Crippen molar-refractivity contribution in [3.63, 3.8) is 0 Å². The molecule has 3 rings (SSSR count). The van der Waals surface area contributed by atoms with Crippen LogP contribution in [0.1, 0.15) is 13.8 Å². The van der Waals surface area contributed by atoms with Crippen LogP contribution < -0.4 is 20.1 Å². The Morgan fingerprint density at radius 2 is 1.80 bits per heavy atom. The second-order valence-electron chi connectivity index (χ2n) is 7.23. The van der Waals surface area contributed by atoms with E-state index in [2.05, 4.69) is 0 Å². The van der Waals surface area contributed by atoms with E-state index in [1.807, 2.05) is 0 Å². The van der Waals surface area contributed by atoms with E-state index in [9.17, 15) is 9.90 Å². The standard InChI is InChI=1S/C15H19N3O4.C6H6ClN/c1-15(2,20)8-22-11-5-4-9(6-12(11)21-3)18-7-10(16)13(17)14(18)19;7-5-1-3-6(8)4-2-5/h4-6,16-17,20H,7-8H2,1-3H3;1-4H,8H2. The highest BCUT2D eigenvalue weighted by atomic mass is 35.5. The van der Waals surface area contributed by atoms with Crippen molar-refractivity contribution in [3.8, 4) is 11.5 Å². The Morgan fingerprint density at radius 3 is 2.27 bits per heavy atom. The number of hydrogen-bond donors (Lipinski definition) is 4. The monoisotopic (exact) mass is 432 g/mol. The minimum Gasteiger partial charge on any atom is -0.493 e. The van der Waals surface area contributed by atoms with Crippen LogP contribution in [0, 0.1) is 10.8 Å². The number of carbonyl (C=O) groups excluding carboxylic acids is 1. The highest BCUT2D eigenvalue weighted by molar-refractivity contribution is 6.72. The lowest BCUT2D eigenvalue weighted by Gasteiger charge is -2.21. The number of halogens is 1. The van der Waals surface area contributed by atoms with Crippen LogP contribution in [0.4, 0.5) is 11.4 Å². The normalized spacial score (nSPS) is 13.8. The number of nitrogen functional groups attached to an aromatic ring is 1. The molecule has 0 aromatic heterocycles. The van der Waals surface area contributed by atoms with E-state index in [1.165, 1.54) is 12.0 Å². The van der Waals surface area contributed by atoms with Crippen LogP contribution >= 0.6 is 11.6 Å². The Hall–Kier alpha value is -3.10. The van der Waals surface area contributed by atoms with E-state index >= 15 is 0 Å². The number of amides is 1. The molecule has 0 atom stereocenters. The average Bonchev–Trinajstić information content (AvgIpc) is 2.96. The maximum absolute atomic E-state index is 11.9. The van der Waals surface area contributed by atoms with Gasteiger partial charge in [0.2, 0.25) is 0 Å². The van der Waals surface area contributed by atoms with Gasteiger partial charge >= 0.3 is 0 Å². The molecule has 0 unspecified atom stereocenters. The summed E-state index contributed by atoms with van der Waals surface area (Å²) < 4.78 is 10.8. The molecule has 1 heterocycles. The number of nitrogens with one attached hydrogen (secondary N) is 2. The second kappa shape index (κ2) is 9.60. The van der Waals surface area contributed by atoms with Gasteiger partial charge in [-0.25, -0.2) is 0 Å². The molecule has 2 aromatic rings. The molecule has 1 saturated heterocycles. The van der Waals surface area contributed by atoms with Gasteiger partial charge in [-0.1, -0.05) is 11.6 Å². The summed E-state index contributed by atoms with van der Waals surface area (Å²) >= 11 is 5.56. The molecule has 30 heavy (non-hydrogen) atoms. The Kier molecular flexibility index (Phi) is 7.42. The van der Waals surface area contributed by atoms with Gasteiger partial charge < -0.3 is 30.6 Å². The fourth-order valence-corrected chi connectivity index (χ4v) is 2.57. The van der Waals surface area contributed by atoms with Crippen LogP contribution in [-0.4, -0.2) is 48.3 Å². The highest BCUT2D eigenvalue weighted by Gasteiger charge is 2.32. The first-order valence-electron chi connectivity index (χ1n) is 9.04. The largest absolute Gasteiger partial charge is 0.493 e. The summed E-state index contributed by atoms with van der Waals surface area (Å²) in [5, 5.41) is 25.5. The van der Waals surface area contributed by atoms with Gasteiger partial charge in [-0.3, -0.25) is 10.2 Å². The molecular formula is C21H25ClN4O4. The molecule has 2 aromatic carbocycles. The third-order valence-corrected chi connectivity index (χ3v) is 4.24. The fraction of sp³-hybridized carbons (Fsp3) is 0.286. The molecule has 1 fully saturated rings. The molecule has 0 radical (unpaired) electrons. The summed E-state index contributed by atoms with van der Waals surface area (Å²) in [6.07, 6.45) is 0. The lowest BCUT2D eigenvalue weighted by molar-refractivity contribution is -0.111. The van der Waals surface area contributed by atoms with Gasteiger partial charge in [-0.2, -0.15) is 0 Å². The van der Waals surface area contributed by atoms with E-state index in [0.717, 1.165) is 10.7 Å². The summed E-state index contributed by atoms with van der Waals surface area (Å²) in [4.78, 5) is 13.3. The van der Waals surface area contributed by atoms with Crippen molar-refractivity contribution in [1.29, 1.82) is 10.8 Å². The molecule has 0 spiro atoms. The van der Waals surface area contributed by atoms with Gasteiger partial charge in [-0.15, -0.1) is 0 Å². The third-order valence-electron chi connectivity index (χ3n) is 3.99. The van der Waals surface area contributed by atoms with Crippen molar-refractivity contribution in [1.82, 2.24) is 0 Å². The number of methoxy groups -OCH3 is 1. The summed E-state index contributed by atoms with van der Waals surface area (Å²) in [5.41, 5.74) is 5.37. The Bertz CT molecular complexity index is 918. The quantitative estimate of drug-likeness (QED) is 0.538. The smallest absolute Gasteiger partial charge is 0.278 e. The van der Waals surface area contributed by atoms with Crippen molar-refractivity contribution in [2.75, 3.05) is 30.9 Å². The number of hydrogen-bond acceptors (Lipinski definition) is 7. The number of benzene rings is 2. The molecule has 9 heteroatoms. The summed E-state index contributed by atoms with van der Waals surface area (Å²) in [6, 6.07) is 12.0. The zero-order valence-corrected chi connectivity index (χ0v) is 17.8. The number of rotatable bonds is 5. The number of nitrogens with two attached hydrogens (primary N) is 1. The Morgan fingerprint density at radius 1 is 1.17 bits per heavy atom. The van der Waals surface area contributed by atoms with Gasteiger partial charge in [0.15, 0.2) is 11.5 Å². The third kappa shape index (κ3) is 6.20. The van der Waals surface area contributed by atoms with Gasteiger partial charge in [-0.05, 0) is 50.2 Å². The first-order valence-corrected chi connectivity index (χ1v) is 9.42. The molecule has 0 aliphatic carbocycles. The summed E-state index contributed by atoms with van der Waals surface area (Å²) in [7, 11) is 1.48. The lowest BCUT2D eigenvalue weighted by atomic mass is 10.2. The molecule has 8 nitrogen and oxygen atoms in total. The Balaban J connectivity index is 0.000000335. The molecule has 1 aliphatic rings. The first kappa shape index (κ1) is 23.2. The van der Waals surface area contributed by atoms with Crippen molar-refractivity contribution in [3.05, 3.63) is 47.5 Å². The number of carbonyl (C=O) groups is 1. The minimum atomic E-state index is -0.973. The second-order valence-corrected chi connectivity index (χ2v) is 7.67. The maximum atomic E-state index is 11.9. The molecule has 1 amide bonds. The number of anilines is 2. The first-order chi connectivity index (χ1) is 14.0. The van der Waals surface area contributed by atoms with Crippen LogP contribution in [0.25, 0.3) is 0 Å². The zero-order valence-electron chi connectivity index (χ0n) is 17.0. The predicted octanol–water partition coefficient (Wildman–Crippen LogP) is 3.15. The number of ether oxygens (including phenoxy) is 2. The van der Waals surface area contributed by atoms with Crippen molar-refractivity contribution >= 4 is 40.3 Å². The number of nitrogens with zero attached hydrogens (tertiary/aromatic N) is 1. The van der Waals surface area contributed by atoms with Gasteiger partial charge in [0.05, 0.1) is 25.0 Å². The Labute approximate surface area is 180 Å². The van der Waals surface area contributed by atoms with Gasteiger partial charge in [0.1, 0.15) is 12.3 Å². The average molecular weight is 433 g/mol. The van der Waals surface area contributed by atoms with Gasteiger partial charge in [0, 0.05) is 22.5 Å². The zero-order chi connectivity index (χ0) is 22.5. The van der Waals surface area contributed by atoms with Crippen LogP contribution in [0.3, 0.4) is 0 Å². The molecule has 5 N–H and O–H groups in total. The summed E-state index contributed by atoms with van der Waals surface area (Å²) in [5.74, 6) is 0.363. The van der Waals surface area contributed by atoms with Crippen LogP contribution in [0.2, 0.25) is 5.02 Å². The van der Waals surface area contributed by atoms with E-state index < -0.39 is 11.5 Å². The molecule has 1 aliphatic heterocycles. The predicted molar refractivity (Wildman–Crippen MR) is 118 cm³/mol.